The van der Waals surface area contributed by atoms with Crippen molar-refractivity contribution in [3.05, 3.63) is 114 Å². The summed E-state index contributed by atoms with van der Waals surface area (Å²) in [7, 11) is 0. The summed E-state index contributed by atoms with van der Waals surface area (Å²) in [6, 6.07) is 25.2. The molecule has 2 bridgehead atoms. The van der Waals surface area contributed by atoms with Gasteiger partial charge in [0.1, 0.15) is 5.82 Å². The Hall–Kier alpha value is -3.58. The lowest BCUT2D eigenvalue weighted by molar-refractivity contribution is -0.176. The Kier molecular flexibility index (Phi) is 7.64. The van der Waals surface area contributed by atoms with Crippen LogP contribution in [0.15, 0.2) is 103 Å². The molecule has 266 valence electrons. The summed E-state index contributed by atoms with van der Waals surface area (Å²) < 4.78 is 13.6. The molecule has 3 aromatic carbocycles. The van der Waals surface area contributed by atoms with Gasteiger partial charge in [0.25, 0.3) is 0 Å². The van der Waals surface area contributed by atoms with Gasteiger partial charge >= 0.3 is 0 Å². The van der Waals surface area contributed by atoms with E-state index in [-0.39, 0.29) is 45.8 Å². The Morgan fingerprint density at radius 2 is 1.43 bits per heavy atom. The maximum atomic E-state index is 15.0. The van der Waals surface area contributed by atoms with Crippen LogP contribution in [0.1, 0.15) is 69.2 Å². The van der Waals surface area contributed by atoms with Crippen molar-refractivity contribution >= 4 is 11.5 Å². The van der Waals surface area contributed by atoms with Crippen molar-refractivity contribution in [2.75, 3.05) is 37.6 Å². The van der Waals surface area contributed by atoms with Crippen LogP contribution in [0.3, 0.4) is 0 Å². The number of β-amino-alcohol motifs (C(OH)–C–C–N with tert-alkyl or cyclic N) is 1. The molecule has 7 aliphatic rings. The molecule has 51 heavy (non-hydrogen) atoms. The van der Waals surface area contributed by atoms with Gasteiger partial charge in [-0.15, -0.1) is 0 Å². The number of rotatable bonds is 6. The molecule has 5 nitrogen and oxygen atoms in total. The van der Waals surface area contributed by atoms with E-state index in [9.17, 15) is 14.6 Å². The van der Waals surface area contributed by atoms with Crippen LogP contribution in [0.25, 0.3) is 11.1 Å². The summed E-state index contributed by atoms with van der Waals surface area (Å²) in [4.78, 5) is 19.8. The van der Waals surface area contributed by atoms with Gasteiger partial charge in [-0.1, -0.05) is 86.7 Å². The number of carbonyl (C=O) groups is 1. The maximum absolute atomic E-state index is 15.0. The van der Waals surface area contributed by atoms with Crippen molar-refractivity contribution < 1.29 is 19.4 Å². The molecule has 1 heterocycles. The van der Waals surface area contributed by atoms with Crippen molar-refractivity contribution in [3.8, 4) is 11.1 Å². The Morgan fingerprint density at radius 3 is 2.16 bits per heavy atom. The number of hydrogen-bond acceptors (Lipinski definition) is 5. The zero-order valence-corrected chi connectivity index (χ0v) is 30.0. The van der Waals surface area contributed by atoms with Gasteiger partial charge in [0.2, 0.25) is 0 Å². The molecule has 3 saturated carbocycles. The molecule has 1 saturated heterocycles. The van der Waals surface area contributed by atoms with Crippen LogP contribution in [-0.2, 0) is 0 Å². The summed E-state index contributed by atoms with van der Waals surface area (Å²) in [5.74, 6) is 0.285. The lowest BCUT2D eigenvalue weighted by Gasteiger charge is -2.71. The fourth-order valence-corrected chi connectivity index (χ4v) is 12.4. The number of ketones is 1. The highest BCUT2D eigenvalue weighted by molar-refractivity contribution is 6.10. The van der Waals surface area contributed by atoms with Gasteiger partial charge in [-0.2, -0.15) is 0 Å². The third-order valence-electron chi connectivity index (χ3n) is 15.3. The summed E-state index contributed by atoms with van der Waals surface area (Å²) in [6.45, 7) is 8.78. The second-order valence-electron chi connectivity index (χ2n) is 17.3. The number of hydrogen-bond donors (Lipinski definition) is 2. The van der Waals surface area contributed by atoms with E-state index in [0.29, 0.717) is 18.5 Å². The van der Waals surface area contributed by atoms with Crippen LogP contribution in [0.2, 0.25) is 0 Å². The second-order valence-corrected chi connectivity index (χ2v) is 17.3. The number of carbonyl (C=O) groups excluding carboxylic acids is 1. The molecule has 2 spiro atoms. The van der Waals surface area contributed by atoms with Crippen LogP contribution in [-0.4, -0.2) is 65.3 Å². The number of aliphatic hydroxyl groups excluding tert-OH is 1. The van der Waals surface area contributed by atoms with E-state index in [4.69, 9.17) is 0 Å². The van der Waals surface area contributed by atoms with Crippen molar-refractivity contribution in [2.45, 2.75) is 70.5 Å². The smallest absolute Gasteiger partial charge is 0.189 e. The zero-order chi connectivity index (χ0) is 35.2. The Balaban J connectivity index is 1.04. The highest BCUT2D eigenvalue weighted by Gasteiger charge is 2.74. The average molecular weight is 687 g/mol. The molecule has 8 unspecified atom stereocenters. The van der Waals surface area contributed by atoms with Gasteiger partial charge in [-0.25, -0.2) is 4.39 Å². The first-order valence-electron chi connectivity index (χ1n) is 19.3. The number of anilines is 1. The molecule has 0 radical (unpaired) electrons. The fourth-order valence-electron chi connectivity index (χ4n) is 12.4. The molecule has 2 N–H and O–H groups in total. The lowest BCUT2D eigenvalue weighted by atomic mass is 9.32. The third kappa shape index (κ3) is 4.78. The standard InChI is InChI=1S/C45H51FN2O3/c1-41-19-16-36(49)28-43(41)22-23-45(37(29-43)40(50)33-10-8-32(9-11-33)31-6-4-3-5-7-31)38(41)17-20-42(2)39(45)18-21-44(42,51)30-47-24-26-48(27-25-47)35-14-12-34(46)13-15-35/h3-15,22-23,29,36,38-39,49,51H,16-21,24-28,30H2,1-2H3. The van der Waals surface area contributed by atoms with E-state index in [0.717, 1.165) is 87.1 Å². The predicted octanol–water partition coefficient (Wildman–Crippen LogP) is 8.09. The minimum Gasteiger partial charge on any atom is -0.393 e. The largest absolute Gasteiger partial charge is 0.393 e. The molecular formula is C45H51FN2O3. The van der Waals surface area contributed by atoms with Crippen molar-refractivity contribution in [1.82, 2.24) is 4.90 Å². The van der Waals surface area contributed by atoms with Gasteiger partial charge in [0.05, 0.1) is 11.7 Å². The van der Waals surface area contributed by atoms with E-state index in [1.54, 1.807) is 0 Å². The highest BCUT2D eigenvalue weighted by Crippen LogP contribution is 2.78. The fraction of sp³-hybridized carbons (Fsp3) is 0.489. The maximum Gasteiger partial charge on any atom is 0.189 e. The zero-order valence-electron chi connectivity index (χ0n) is 30.0. The third-order valence-corrected chi connectivity index (χ3v) is 15.3. The molecule has 3 aromatic rings. The molecule has 8 atom stereocenters. The molecule has 1 aliphatic heterocycles. The first kappa shape index (κ1) is 33.3. The number of halogens is 1. The van der Waals surface area contributed by atoms with Gasteiger partial charge < -0.3 is 15.1 Å². The van der Waals surface area contributed by atoms with Crippen LogP contribution in [0, 0.1) is 39.3 Å². The average Bonchev–Trinajstić information content (AvgIpc) is 3.42. The first-order chi connectivity index (χ1) is 24.5. The van der Waals surface area contributed by atoms with Gasteiger partial charge in [-0.05, 0) is 97.6 Å². The molecule has 10 rings (SSSR count). The van der Waals surface area contributed by atoms with Crippen molar-refractivity contribution in [3.63, 3.8) is 0 Å². The van der Waals surface area contributed by atoms with E-state index in [1.165, 1.54) is 12.1 Å². The number of Topliss-reactive ketones (excluding diaryl/α,β-unsaturated/α-hetero) is 1. The van der Waals surface area contributed by atoms with Crippen LogP contribution in [0.4, 0.5) is 10.1 Å². The molecule has 4 fully saturated rings. The normalized spacial score (nSPS) is 38.5. The minimum absolute atomic E-state index is 0.0549. The van der Waals surface area contributed by atoms with Crippen LogP contribution in [0.5, 0.6) is 0 Å². The van der Waals surface area contributed by atoms with E-state index >= 15 is 4.79 Å². The van der Waals surface area contributed by atoms with E-state index in [1.807, 2.05) is 42.5 Å². The number of allylic oxidation sites excluding steroid dienone is 4. The topological polar surface area (TPSA) is 64.0 Å². The van der Waals surface area contributed by atoms with Crippen molar-refractivity contribution in [2.24, 2.45) is 33.5 Å². The number of nitrogens with zero attached hydrogens (tertiary/aromatic N) is 2. The quantitative estimate of drug-likeness (QED) is 0.203. The Morgan fingerprint density at radius 1 is 0.784 bits per heavy atom. The Bertz CT molecular complexity index is 1880. The van der Waals surface area contributed by atoms with Crippen LogP contribution >= 0.6 is 0 Å². The number of benzene rings is 3. The minimum atomic E-state index is -0.871. The monoisotopic (exact) mass is 686 g/mol. The summed E-state index contributed by atoms with van der Waals surface area (Å²) >= 11 is 0. The first-order valence-corrected chi connectivity index (χ1v) is 19.3. The summed E-state index contributed by atoms with van der Waals surface area (Å²) in [5.41, 5.74) is 2.78. The van der Waals surface area contributed by atoms with E-state index < -0.39 is 11.0 Å². The van der Waals surface area contributed by atoms with Gasteiger partial charge in [-0.3, -0.25) is 9.69 Å². The number of piperazine rings is 1. The summed E-state index contributed by atoms with van der Waals surface area (Å²) in [5, 5.41) is 23.9. The highest BCUT2D eigenvalue weighted by atomic mass is 19.1. The second kappa shape index (κ2) is 11.7. The van der Waals surface area contributed by atoms with E-state index in [2.05, 4.69) is 66.1 Å². The van der Waals surface area contributed by atoms with Crippen molar-refractivity contribution in [1.29, 1.82) is 0 Å². The van der Waals surface area contributed by atoms with Gasteiger partial charge in [0, 0.05) is 65.8 Å². The Labute approximate surface area is 301 Å². The van der Waals surface area contributed by atoms with Gasteiger partial charge in [0.15, 0.2) is 5.78 Å². The molecular weight excluding hydrogens is 636 g/mol. The molecule has 6 heteroatoms. The lowest BCUT2D eigenvalue weighted by Crippen LogP contribution is -2.67. The molecule has 0 aromatic heterocycles. The van der Waals surface area contributed by atoms with Crippen LogP contribution < -0.4 is 4.90 Å². The number of aliphatic hydroxyl groups is 2. The number of fused-ring (bicyclic) bond motifs is 1. The molecule has 0 amide bonds. The summed E-state index contributed by atoms with van der Waals surface area (Å²) in [6.07, 6.45) is 12.7. The molecule has 6 aliphatic carbocycles. The SMILES string of the molecule is CC12CCC(O)CC13C=CC1(C(C(=O)c4ccc(-c5ccccc5)cc4)=C3)C2CCC2(C)C1CCC2(O)CN1CCN(c2ccc(F)cc2)CC1. The predicted molar refractivity (Wildman–Crippen MR) is 200 cm³/mol.